The van der Waals surface area contributed by atoms with Crippen molar-refractivity contribution in [3.63, 3.8) is 0 Å². The van der Waals surface area contributed by atoms with E-state index in [1.54, 1.807) is 6.92 Å². The average molecular weight is 362 g/mol. The van der Waals surface area contributed by atoms with Crippen LogP contribution in [0.2, 0.25) is 0 Å². The summed E-state index contributed by atoms with van der Waals surface area (Å²) in [5.41, 5.74) is 0. The Morgan fingerprint density at radius 1 is 1.33 bits per heavy atom. The first-order valence-electron chi connectivity index (χ1n) is 8.14. The van der Waals surface area contributed by atoms with Gasteiger partial charge in [-0.1, -0.05) is 12.8 Å². The first-order valence-corrected chi connectivity index (χ1v) is 9.18. The molecule has 0 aromatic heterocycles. The summed E-state index contributed by atoms with van der Waals surface area (Å²) < 4.78 is 9.77. The number of Topliss-reactive ketones (excluding diaryl/α,β-unsaturated/α-hetero) is 1. The maximum absolute atomic E-state index is 12.3. The van der Waals surface area contributed by atoms with Gasteiger partial charge in [-0.25, -0.2) is 4.79 Å². The fraction of sp³-hybridized carbons (Fsp3) is 0.812. The molecule has 8 heteroatoms. The molecular formula is C16H26O7S. The molecule has 2 N–H and O–H groups in total. The molecule has 0 aromatic carbocycles. The molecule has 1 aliphatic rings. The zero-order valence-corrected chi connectivity index (χ0v) is 14.9. The van der Waals surface area contributed by atoms with Gasteiger partial charge in [0.2, 0.25) is 0 Å². The third kappa shape index (κ3) is 7.19. The van der Waals surface area contributed by atoms with Gasteiger partial charge in [-0.15, -0.1) is 11.8 Å². The first kappa shape index (κ1) is 20.9. The molecule has 4 atom stereocenters. The number of cyclic esters (lactones) is 1. The number of ketones is 1. The van der Waals surface area contributed by atoms with Crippen molar-refractivity contribution in [2.75, 3.05) is 12.9 Å². The molecule has 0 spiro atoms. The zero-order chi connectivity index (χ0) is 18.1. The van der Waals surface area contributed by atoms with Crippen LogP contribution in [0, 0.1) is 0 Å². The monoisotopic (exact) mass is 362 g/mol. The molecule has 0 aliphatic carbocycles. The highest BCUT2D eigenvalue weighted by molar-refractivity contribution is 8.00. The lowest BCUT2D eigenvalue weighted by Gasteiger charge is -2.21. The molecule has 7 nitrogen and oxygen atoms in total. The summed E-state index contributed by atoms with van der Waals surface area (Å²) in [6, 6.07) is 0. The number of methoxy groups -OCH3 is 1. The Bertz CT molecular complexity index is 440. The minimum Gasteiger partial charge on any atom is -0.467 e. The van der Waals surface area contributed by atoms with E-state index in [0.717, 1.165) is 44.6 Å². The highest BCUT2D eigenvalue weighted by Crippen LogP contribution is 2.22. The van der Waals surface area contributed by atoms with Gasteiger partial charge in [-0.05, 0) is 26.2 Å². The summed E-state index contributed by atoms with van der Waals surface area (Å²) >= 11 is 0.958. The molecule has 1 heterocycles. The van der Waals surface area contributed by atoms with Crippen LogP contribution in [0.4, 0.5) is 0 Å². The van der Waals surface area contributed by atoms with E-state index < -0.39 is 35.2 Å². The van der Waals surface area contributed by atoms with E-state index in [9.17, 15) is 24.6 Å². The Morgan fingerprint density at radius 3 is 2.67 bits per heavy atom. The number of aliphatic hydroxyl groups is 2. The normalized spacial score (nSPS) is 28.2. The van der Waals surface area contributed by atoms with Crippen LogP contribution < -0.4 is 0 Å². The van der Waals surface area contributed by atoms with E-state index >= 15 is 0 Å². The Labute approximate surface area is 146 Å². The quantitative estimate of drug-likeness (QED) is 0.708. The lowest BCUT2D eigenvalue weighted by Crippen LogP contribution is -2.33. The lowest BCUT2D eigenvalue weighted by atomic mass is 10.0. The van der Waals surface area contributed by atoms with Gasteiger partial charge >= 0.3 is 11.9 Å². The van der Waals surface area contributed by atoms with Crippen LogP contribution in [0.25, 0.3) is 0 Å². The van der Waals surface area contributed by atoms with Crippen molar-refractivity contribution in [2.24, 2.45) is 0 Å². The van der Waals surface area contributed by atoms with Crippen LogP contribution >= 0.6 is 11.8 Å². The van der Waals surface area contributed by atoms with Gasteiger partial charge in [0, 0.05) is 12.2 Å². The van der Waals surface area contributed by atoms with Crippen LogP contribution in [0.1, 0.15) is 45.4 Å². The molecule has 1 saturated heterocycles. The molecule has 0 saturated carbocycles. The van der Waals surface area contributed by atoms with Crippen LogP contribution in [0.5, 0.6) is 0 Å². The molecule has 0 bridgehead atoms. The number of thioether (sulfide) groups is 1. The predicted octanol–water partition coefficient (Wildman–Crippen LogP) is 0.838. The molecule has 138 valence electrons. The van der Waals surface area contributed by atoms with Crippen molar-refractivity contribution in [3.05, 3.63) is 0 Å². The summed E-state index contributed by atoms with van der Waals surface area (Å²) in [5.74, 6) is -1.89. The van der Waals surface area contributed by atoms with Crippen molar-refractivity contribution in [1.29, 1.82) is 0 Å². The Balaban J connectivity index is 2.74. The molecule has 0 unspecified atom stereocenters. The van der Waals surface area contributed by atoms with E-state index in [2.05, 4.69) is 4.74 Å². The second kappa shape index (κ2) is 10.7. The SMILES string of the molecule is COC(=O)[C@H](O)CS[C@H]1CC(=O)[C@@H](O)CCCCC[C@@H](C)OC1=O. The van der Waals surface area contributed by atoms with E-state index in [1.165, 1.54) is 0 Å². The molecule has 1 rings (SSSR count). The Kier molecular flexibility index (Phi) is 9.31. The number of ether oxygens (including phenoxy) is 2. The van der Waals surface area contributed by atoms with E-state index in [1.807, 2.05) is 0 Å². The fourth-order valence-electron chi connectivity index (χ4n) is 2.38. The minimum absolute atomic E-state index is 0.0931. The van der Waals surface area contributed by atoms with Gasteiger partial charge in [-0.2, -0.15) is 0 Å². The minimum atomic E-state index is -1.38. The zero-order valence-electron chi connectivity index (χ0n) is 14.1. The first-order chi connectivity index (χ1) is 11.3. The van der Waals surface area contributed by atoms with Gasteiger partial charge < -0.3 is 19.7 Å². The van der Waals surface area contributed by atoms with Crippen molar-refractivity contribution in [1.82, 2.24) is 0 Å². The fourth-order valence-corrected chi connectivity index (χ4v) is 3.41. The van der Waals surface area contributed by atoms with Gasteiger partial charge in [0.15, 0.2) is 11.9 Å². The van der Waals surface area contributed by atoms with Gasteiger partial charge in [0.1, 0.15) is 11.4 Å². The van der Waals surface area contributed by atoms with Crippen LogP contribution in [-0.2, 0) is 23.9 Å². The van der Waals surface area contributed by atoms with Crippen molar-refractivity contribution in [2.45, 2.75) is 69.0 Å². The van der Waals surface area contributed by atoms with Crippen molar-refractivity contribution < 1.29 is 34.1 Å². The predicted molar refractivity (Wildman–Crippen MR) is 88.5 cm³/mol. The van der Waals surface area contributed by atoms with Gasteiger partial charge in [0.05, 0.1) is 13.2 Å². The summed E-state index contributed by atoms with van der Waals surface area (Å²) in [7, 11) is 1.15. The molecule has 1 aliphatic heterocycles. The lowest BCUT2D eigenvalue weighted by molar-refractivity contribution is -0.150. The van der Waals surface area contributed by atoms with E-state index in [0.29, 0.717) is 6.42 Å². The summed E-state index contributed by atoms with van der Waals surface area (Å²) in [6.45, 7) is 1.80. The number of aliphatic hydroxyl groups excluding tert-OH is 2. The molecule has 1 fully saturated rings. The maximum Gasteiger partial charge on any atom is 0.335 e. The highest BCUT2D eigenvalue weighted by atomic mass is 32.2. The van der Waals surface area contributed by atoms with E-state index in [-0.39, 0.29) is 18.3 Å². The number of esters is 2. The second-order valence-corrected chi connectivity index (χ2v) is 7.17. The topological polar surface area (TPSA) is 110 Å². The third-order valence-electron chi connectivity index (χ3n) is 3.86. The number of carbonyl (C=O) groups excluding carboxylic acids is 3. The standard InChI is InChI=1S/C16H26O7S/c1-10-6-4-3-5-7-11(17)12(18)8-14(16(21)23-10)24-9-13(19)15(20)22-2/h10-11,13-14,17,19H,3-9H2,1-2H3/t10-,11+,13-,14+/m1/s1. The van der Waals surface area contributed by atoms with Crippen molar-refractivity contribution in [3.8, 4) is 0 Å². The largest absolute Gasteiger partial charge is 0.467 e. The average Bonchev–Trinajstić information content (AvgIpc) is 2.55. The van der Waals surface area contributed by atoms with E-state index in [4.69, 9.17) is 4.74 Å². The smallest absolute Gasteiger partial charge is 0.335 e. The molecular weight excluding hydrogens is 336 g/mol. The van der Waals surface area contributed by atoms with Gasteiger partial charge in [-0.3, -0.25) is 9.59 Å². The number of rotatable bonds is 4. The number of hydrogen-bond donors (Lipinski definition) is 2. The molecule has 24 heavy (non-hydrogen) atoms. The van der Waals surface area contributed by atoms with Crippen LogP contribution in [0.3, 0.4) is 0 Å². The van der Waals surface area contributed by atoms with Gasteiger partial charge in [0.25, 0.3) is 0 Å². The molecule has 0 amide bonds. The summed E-state index contributed by atoms with van der Waals surface area (Å²) in [4.78, 5) is 35.6. The van der Waals surface area contributed by atoms with Crippen LogP contribution in [0.15, 0.2) is 0 Å². The maximum atomic E-state index is 12.3. The summed E-state index contributed by atoms with van der Waals surface area (Å²) in [5, 5.41) is 18.7. The van der Waals surface area contributed by atoms with Crippen molar-refractivity contribution >= 4 is 29.5 Å². The molecule has 0 aromatic rings. The molecule has 0 radical (unpaired) electrons. The van der Waals surface area contributed by atoms with Crippen LogP contribution in [-0.4, -0.2) is 64.4 Å². The number of carbonyl (C=O) groups is 3. The Hall–Kier alpha value is -1.12. The third-order valence-corrected chi connectivity index (χ3v) is 5.12. The Morgan fingerprint density at radius 2 is 2.00 bits per heavy atom. The highest BCUT2D eigenvalue weighted by Gasteiger charge is 2.30. The summed E-state index contributed by atoms with van der Waals surface area (Å²) in [6.07, 6.45) is 0.643. The second-order valence-electron chi connectivity index (χ2n) is 5.93. The number of hydrogen-bond acceptors (Lipinski definition) is 8.